The molecule has 0 spiro atoms. The van der Waals surface area contributed by atoms with Crippen molar-refractivity contribution in [2.24, 2.45) is 11.7 Å². The number of carbonyl (C=O) groups is 1. The van der Waals surface area contributed by atoms with Gasteiger partial charge in [-0.3, -0.25) is 4.79 Å². The van der Waals surface area contributed by atoms with Crippen molar-refractivity contribution in [1.29, 1.82) is 0 Å². The fourth-order valence-electron chi connectivity index (χ4n) is 1.56. The van der Waals surface area contributed by atoms with Gasteiger partial charge in [-0.05, 0) is 25.7 Å². The molecule has 5 heteroatoms. The van der Waals surface area contributed by atoms with Crippen molar-refractivity contribution in [2.75, 3.05) is 13.6 Å². The molecule has 2 rings (SSSR count). The Morgan fingerprint density at radius 1 is 1.75 bits per heavy atom. The van der Waals surface area contributed by atoms with E-state index < -0.39 is 0 Å². The zero-order valence-corrected chi connectivity index (χ0v) is 10.5. The van der Waals surface area contributed by atoms with Crippen LogP contribution in [0.25, 0.3) is 0 Å². The first-order chi connectivity index (χ1) is 7.58. The highest BCUT2D eigenvalue weighted by atomic mass is 32.1. The van der Waals surface area contributed by atoms with Crippen molar-refractivity contribution in [1.82, 2.24) is 9.88 Å². The molecule has 1 aliphatic rings. The molecule has 2 N–H and O–H groups in total. The van der Waals surface area contributed by atoms with Gasteiger partial charge in [0.2, 0.25) is 0 Å². The molecule has 1 aliphatic carbocycles. The first kappa shape index (κ1) is 11.5. The van der Waals surface area contributed by atoms with Crippen LogP contribution in [0.5, 0.6) is 0 Å². The summed E-state index contributed by atoms with van der Waals surface area (Å²) in [5.74, 6) is 0.718. The van der Waals surface area contributed by atoms with Gasteiger partial charge in [-0.1, -0.05) is 0 Å². The van der Waals surface area contributed by atoms with Crippen LogP contribution < -0.4 is 5.73 Å². The Bertz CT molecular complexity index is 384. The molecule has 0 radical (unpaired) electrons. The number of carbonyl (C=O) groups excluding carboxylic acids is 1. The molecule has 0 bridgehead atoms. The monoisotopic (exact) mass is 239 g/mol. The van der Waals surface area contributed by atoms with E-state index in [-0.39, 0.29) is 11.9 Å². The molecule has 88 valence electrons. The van der Waals surface area contributed by atoms with E-state index in [2.05, 4.69) is 4.98 Å². The number of hydrogen-bond donors (Lipinski definition) is 1. The van der Waals surface area contributed by atoms with E-state index in [1.807, 2.05) is 14.0 Å². The summed E-state index contributed by atoms with van der Waals surface area (Å²) < 4.78 is 0. The molecule has 0 aliphatic heterocycles. The molecule has 0 saturated heterocycles. The summed E-state index contributed by atoms with van der Waals surface area (Å²) in [4.78, 5) is 18.0. The Morgan fingerprint density at radius 2 is 2.44 bits per heavy atom. The van der Waals surface area contributed by atoms with Gasteiger partial charge in [0.1, 0.15) is 10.7 Å². The van der Waals surface area contributed by atoms with Crippen LogP contribution in [0, 0.1) is 5.92 Å². The fourth-order valence-corrected chi connectivity index (χ4v) is 2.31. The van der Waals surface area contributed by atoms with E-state index in [1.165, 1.54) is 24.2 Å². The Balaban J connectivity index is 2.01. The van der Waals surface area contributed by atoms with Gasteiger partial charge in [-0.25, -0.2) is 4.98 Å². The number of aromatic nitrogens is 1. The molecular formula is C11H17N3OS. The first-order valence-corrected chi connectivity index (χ1v) is 6.42. The van der Waals surface area contributed by atoms with Gasteiger partial charge in [-0.2, -0.15) is 0 Å². The van der Waals surface area contributed by atoms with Crippen LogP contribution in [0.4, 0.5) is 0 Å². The number of nitrogens with zero attached hydrogens (tertiary/aromatic N) is 2. The average Bonchev–Trinajstić information content (AvgIpc) is 2.91. The summed E-state index contributed by atoms with van der Waals surface area (Å²) in [5, 5.41) is 2.62. The number of thiazole rings is 1. The van der Waals surface area contributed by atoms with Gasteiger partial charge >= 0.3 is 0 Å². The number of amides is 1. The van der Waals surface area contributed by atoms with E-state index in [1.54, 1.807) is 10.3 Å². The van der Waals surface area contributed by atoms with Gasteiger partial charge < -0.3 is 10.6 Å². The fraction of sp³-hybridized carbons (Fsp3) is 0.636. The van der Waals surface area contributed by atoms with Crippen molar-refractivity contribution < 1.29 is 4.79 Å². The Labute approximate surface area is 99.5 Å². The summed E-state index contributed by atoms with van der Waals surface area (Å²) in [6, 6.07) is -0.0970. The van der Waals surface area contributed by atoms with Crippen molar-refractivity contribution in [3.8, 4) is 0 Å². The predicted molar refractivity (Wildman–Crippen MR) is 64.4 cm³/mol. The van der Waals surface area contributed by atoms with Crippen molar-refractivity contribution in [2.45, 2.75) is 25.8 Å². The lowest BCUT2D eigenvalue weighted by molar-refractivity contribution is 0.0783. The molecule has 4 nitrogen and oxygen atoms in total. The largest absolute Gasteiger partial charge is 0.340 e. The van der Waals surface area contributed by atoms with E-state index in [0.717, 1.165) is 11.6 Å². The van der Waals surface area contributed by atoms with Crippen molar-refractivity contribution in [3.05, 3.63) is 16.1 Å². The Morgan fingerprint density at radius 3 is 2.94 bits per heavy atom. The molecule has 1 saturated carbocycles. The molecule has 16 heavy (non-hydrogen) atoms. The smallest absolute Gasteiger partial charge is 0.273 e. The van der Waals surface area contributed by atoms with E-state index in [4.69, 9.17) is 5.73 Å². The van der Waals surface area contributed by atoms with E-state index in [0.29, 0.717) is 11.6 Å². The summed E-state index contributed by atoms with van der Waals surface area (Å²) in [6.45, 7) is 2.73. The summed E-state index contributed by atoms with van der Waals surface area (Å²) in [5.41, 5.74) is 6.25. The normalized spacial score (nSPS) is 17.2. The number of rotatable bonds is 4. The highest BCUT2D eigenvalue weighted by molar-refractivity contribution is 7.09. The molecule has 0 aromatic carbocycles. The molecule has 1 amide bonds. The summed E-state index contributed by atoms with van der Waals surface area (Å²) in [6.07, 6.45) is 2.50. The molecule has 1 aromatic heterocycles. The van der Waals surface area contributed by atoms with Crippen molar-refractivity contribution >= 4 is 17.2 Å². The lowest BCUT2D eigenvalue weighted by atomic mass is 10.3. The van der Waals surface area contributed by atoms with Crippen LogP contribution in [-0.4, -0.2) is 29.4 Å². The summed E-state index contributed by atoms with van der Waals surface area (Å²) in [7, 11) is 1.84. The topological polar surface area (TPSA) is 59.2 Å². The maximum atomic E-state index is 12.0. The zero-order valence-electron chi connectivity index (χ0n) is 9.64. The van der Waals surface area contributed by atoms with Gasteiger partial charge in [0.15, 0.2) is 0 Å². The van der Waals surface area contributed by atoms with E-state index in [9.17, 15) is 4.79 Å². The van der Waals surface area contributed by atoms with Crippen LogP contribution in [0.2, 0.25) is 0 Å². The lowest BCUT2D eigenvalue weighted by Gasteiger charge is -2.14. The SMILES string of the molecule is CC(N)c1nc(C(=O)N(C)CC2CC2)cs1. The molecule has 1 heterocycles. The van der Waals surface area contributed by atoms with Gasteiger partial charge in [-0.15, -0.1) is 11.3 Å². The van der Waals surface area contributed by atoms with Gasteiger partial charge in [0.05, 0.1) is 6.04 Å². The highest BCUT2D eigenvalue weighted by Gasteiger charge is 2.26. The van der Waals surface area contributed by atoms with Gasteiger partial charge in [0, 0.05) is 19.0 Å². The van der Waals surface area contributed by atoms with E-state index >= 15 is 0 Å². The highest BCUT2D eigenvalue weighted by Crippen LogP contribution is 2.29. The van der Waals surface area contributed by atoms with Crippen LogP contribution in [0.15, 0.2) is 5.38 Å². The van der Waals surface area contributed by atoms with Crippen molar-refractivity contribution in [3.63, 3.8) is 0 Å². The average molecular weight is 239 g/mol. The second-order valence-corrected chi connectivity index (χ2v) is 5.38. The second-order valence-electron chi connectivity index (χ2n) is 4.49. The molecule has 1 fully saturated rings. The van der Waals surface area contributed by atoms with Crippen LogP contribution in [0.3, 0.4) is 0 Å². The van der Waals surface area contributed by atoms with Crippen LogP contribution in [-0.2, 0) is 0 Å². The lowest BCUT2D eigenvalue weighted by Crippen LogP contribution is -2.29. The molecule has 1 unspecified atom stereocenters. The third-order valence-electron chi connectivity index (χ3n) is 2.71. The number of hydrogen-bond acceptors (Lipinski definition) is 4. The first-order valence-electron chi connectivity index (χ1n) is 5.54. The molecule has 1 aromatic rings. The van der Waals surface area contributed by atoms with Gasteiger partial charge in [0.25, 0.3) is 5.91 Å². The Kier molecular flexibility index (Phi) is 3.25. The molecular weight excluding hydrogens is 222 g/mol. The Hall–Kier alpha value is -0.940. The predicted octanol–water partition coefficient (Wildman–Crippen LogP) is 1.64. The maximum Gasteiger partial charge on any atom is 0.273 e. The second kappa shape index (κ2) is 4.51. The third kappa shape index (κ3) is 2.59. The standard InChI is InChI=1S/C11H17N3OS/c1-7(12)10-13-9(6-16-10)11(15)14(2)5-8-3-4-8/h6-8H,3-5,12H2,1-2H3. The van der Waals surface area contributed by atoms with Crippen LogP contribution >= 0.6 is 11.3 Å². The number of nitrogens with two attached hydrogens (primary N) is 1. The maximum absolute atomic E-state index is 12.0. The van der Waals surface area contributed by atoms with Crippen LogP contribution in [0.1, 0.15) is 41.3 Å². The third-order valence-corrected chi connectivity index (χ3v) is 3.75. The molecule has 1 atom stereocenters. The quantitative estimate of drug-likeness (QED) is 0.869. The minimum atomic E-state index is -0.0970. The minimum Gasteiger partial charge on any atom is -0.340 e. The minimum absolute atomic E-state index is 0.00931. The summed E-state index contributed by atoms with van der Waals surface area (Å²) >= 11 is 1.45. The zero-order chi connectivity index (χ0) is 11.7.